The molecule has 0 bridgehead atoms. The van der Waals surface area contributed by atoms with Crippen LogP contribution in [0.25, 0.3) is 0 Å². The van der Waals surface area contributed by atoms with Gasteiger partial charge < -0.3 is 15.2 Å². The normalized spacial score (nSPS) is 29.4. The maximum Gasteiger partial charge on any atom is 0.307 e. The molecule has 0 radical (unpaired) electrons. The molecule has 1 aliphatic heterocycles. The van der Waals surface area contributed by atoms with Gasteiger partial charge in [0.1, 0.15) is 0 Å². The number of carbonyl (C=O) groups excluding carboxylic acids is 1. The Hall–Kier alpha value is -1.14. The summed E-state index contributed by atoms with van der Waals surface area (Å²) >= 11 is 0. The minimum absolute atomic E-state index is 0.0497. The van der Waals surface area contributed by atoms with Crippen LogP contribution in [0.2, 0.25) is 0 Å². The molecule has 0 aromatic heterocycles. The number of carboxylic acids is 1. The van der Waals surface area contributed by atoms with E-state index in [1.54, 1.807) is 0 Å². The number of nitrogens with one attached hydrogen (secondary N) is 1. The number of nitrogens with zero attached hydrogens (tertiary/aromatic N) is 1. The first-order chi connectivity index (χ1) is 10.6. The van der Waals surface area contributed by atoms with E-state index < -0.39 is 5.97 Å². The highest BCUT2D eigenvalue weighted by Gasteiger charge is 2.28. The highest BCUT2D eigenvalue weighted by atomic mass is 16.5. The van der Waals surface area contributed by atoms with Crippen LogP contribution in [0.5, 0.6) is 0 Å². The summed E-state index contributed by atoms with van der Waals surface area (Å²) in [7, 11) is 0. The Labute approximate surface area is 132 Å². The molecule has 0 aromatic rings. The van der Waals surface area contributed by atoms with Crippen molar-refractivity contribution >= 4 is 11.9 Å². The molecule has 126 valence electrons. The number of ether oxygens (including phenoxy) is 1. The molecule has 1 saturated carbocycles. The molecule has 3 unspecified atom stereocenters. The van der Waals surface area contributed by atoms with E-state index in [0.717, 1.165) is 6.42 Å². The molecule has 2 rings (SSSR count). The number of hydrogen-bond acceptors (Lipinski definition) is 4. The van der Waals surface area contributed by atoms with Gasteiger partial charge in [0.2, 0.25) is 5.91 Å². The van der Waals surface area contributed by atoms with Crippen LogP contribution in [0.3, 0.4) is 0 Å². The fourth-order valence-corrected chi connectivity index (χ4v) is 3.37. The highest BCUT2D eigenvalue weighted by molar-refractivity contribution is 5.78. The van der Waals surface area contributed by atoms with Crippen molar-refractivity contribution in [2.24, 2.45) is 11.8 Å². The third-order valence-electron chi connectivity index (χ3n) is 4.78. The van der Waals surface area contributed by atoms with E-state index in [2.05, 4.69) is 12.2 Å². The Balaban J connectivity index is 1.55. The highest BCUT2D eigenvalue weighted by Crippen LogP contribution is 2.25. The molecule has 1 heterocycles. The molecule has 6 heteroatoms. The third kappa shape index (κ3) is 5.25. The Morgan fingerprint density at radius 2 is 2.05 bits per heavy atom. The Bertz CT molecular complexity index is 388. The van der Waals surface area contributed by atoms with Gasteiger partial charge in [-0.15, -0.1) is 0 Å². The van der Waals surface area contributed by atoms with Gasteiger partial charge in [0, 0.05) is 13.1 Å². The van der Waals surface area contributed by atoms with Crippen molar-refractivity contribution in [3.63, 3.8) is 0 Å². The van der Waals surface area contributed by atoms with Crippen LogP contribution in [-0.2, 0) is 14.3 Å². The molecule has 2 aliphatic rings. The first kappa shape index (κ1) is 17.2. The number of rotatable bonds is 7. The summed E-state index contributed by atoms with van der Waals surface area (Å²) in [6.45, 7) is 4.74. The van der Waals surface area contributed by atoms with Crippen molar-refractivity contribution in [2.75, 3.05) is 32.8 Å². The molecule has 0 spiro atoms. The molecule has 2 N–H and O–H groups in total. The lowest BCUT2D eigenvalue weighted by Gasteiger charge is -2.28. The van der Waals surface area contributed by atoms with Gasteiger partial charge in [-0.1, -0.05) is 19.8 Å². The second-order valence-corrected chi connectivity index (χ2v) is 6.58. The summed E-state index contributed by atoms with van der Waals surface area (Å²) in [5.41, 5.74) is 0. The maximum absolute atomic E-state index is 11.8. The predicted octanol–water partition coefficient (Wildman–Crippen LogP) is 1.10. The Kier molecular flexibility index (Phi) is 6.64. The lowest BCUT2D eigenvalue weighted by atomic mass is 9.88. The van der Waals surface area contributed by atoms with Gasteiger partial charge >= 0.3 is 5.97 Å². The third-order valence-corrected chi connectivity index (χ3v) is 4.78. The summed E-state index contributed by atoms with van der Waals surface area (Å²) in [5.74, 6) is -0.532. The zero-order valence-electron chi connectivity index (χ0n) is 13.4. The van der Waals surface area contributed by atoms with Crippen LogP contribution in [0, 0.1) is 11.8 Å². The topological polar surface area (TPSA) is 78.9 Å². The lowest BCUT2D eigenvalue weighted by molar-refractivity contribution is -0.141. The summed E-state index contributed by atoms with van der Waals surface area (Å²) in [4.78, 5) is 24.6. The second-order valence-electron chi connectivity index (χ2n) is 6.58. The number of aliphatic carboxylic acids is 1. The Morgan fingerprint density at radius 3 is 2.73 bits per heavy atom. The van der Waals surface area contributed by atoms with Gasteiger partial charge in [-0.05, 0) is 31.7 Å². The fraction of sp³-hybridized carbons (Fsp3) is 0.875. The van der Waals surface area contributed by atoms with Crippen LogP contribution < -0.4 is 5.32 Å². The van der Waals surface area contributed by atoms with Crippen LogP contribution in [-0.4, -0.2) is 60.8 Å². The molecular weight excluding hydrogens is 284 g/mol. The van der Waals surface area contributed by atoms with Crippen molar-refractivity contribution in [2.45, 2.75) is 45.1 Å². The van der Waals surface area contributed by atoms with E-state index in [9.17, 15) is 9.59 Å². The van der Waals surface area contributed by atoms with Crippen molar-refractivity contribution in [3.05, 3.63) is 0 Å². The number of likely N-dealkylation sites (tertiary alicyclic amines) is 1. The molecule has 1 saturated heterocycles. The molecule has 22 heavy (non-hydrogen) atoms. The average Bonchev–Trinajstić information content (AvgIpc) is 2.94. The van der Waals surface area contributed by atoms with Gasteiger partial charge in [-0.3, -0.25) is 14.5 Å². The zero-order chi connectivity index (χ0) is 15.9. The zero-order valence-corrected chi connectivity index (χ0v) is 13.4. The molecule has 1 amide bonds. The molecule has 3 atom stereocenters. The smallest absolute Gasteiger partial charge is 0.307 e. The van der Waals surface area contributed by atoms with E-state index in [1.165, 1.54) is 19.3 Å². The fourth-order valence-electron chi connectivity index (χ4n) is 3.37. The second kappa shape index (κ2) is 8.48. The van der Waals surface area contributed by atoms with Gasteiger partial charge in [-0.2, -0.15) is 0 Å². The number of carboxylic acid groups (broad SMARTS) is 1. The van der Waals surface area contributed by atoms with Crippen LogP contribution in [0.4, 0.5) is 0 Å². The summed E-state index contributed by atoms with van der Waals surface area (Å²) < 4.78 is 5.86. The van der Waals surface area contributed by atoms with Crippen molar-refractivity contribution in [3.8, 4) is 0 Å². The van der Waals surface area contributed by atoms with Crippen molar-refractivity contribution < 1.29 is 19.4 Å². The minimum atomic E-state index is -0.766. The molecule has 6 nitrogen and oxygen atoms in total. The van der Waals surface area contributed by atoms with Crippen molar-refractivity contribution in [1.82, 2.24) is 10.2 Å². The van der Waals surface area contributed by atoms with Crippen LogP contribution in [0.15, 0.2) is 0 Å². The first-order valence-corrected chi connectivity index (χ1v) is 8.39. The van der Waals surface area contributed by atoms with Gasteiger partial charge in [0.25, 0.3) is 0 Å². The quantitative estimate of drug-likeness (QED) is 0.688. The summed E-state index contributed by atoms with van der Waals surface area (Å²) in [6.07, 6.45) is 5.86. The predicted molar refractivity (Wildman–Crippen MR) is 82.6 cm³/mol. The van der Waals surface area contributed by atoms with E-state index in [0.29, 0.717) is 44.7 Å². The minimum Gasteiger partial charge on any atom is -0.481 e. The van der Waals surface area contributed by atoms with Crippen molar-refractivity contribution in [1.29, 1.82) is 0 Å². The SMILES string of the molecule is CC1CCCCC1OCCNC(=O)CN1CCC(C(=O)O)C1. The standard InChI is InChI=1S/C16H28N2O4/c1-12-4-2-3-5-14(12)22-9-7-17-15(19)11-18-8-6-13(10-18)16(20)21/h12-14H,2-11H2,1H3,(H,17,19)(H,20,21). The lowest BCUT2D eigenvalue weighted by Crippen LogP contribution is -2.38. The molecular formula is C16H28N2O4. The maximum atomic E-state index is 11.8. The summed E-state index contributed by atoms with van der Waals surface area (Å²) in [5, 5.41) is 11.8. The molecule has 2 fully saturated rings. The van der Waals surface area contributed by atoms with Gasteiger partial charge in [0.05, 0.1) is 25.2 Å². The monoisotopic (exact) mass is 312 g/mol. The average molecular weight is 312 g/mol. The van der Waals surface area contributed by atoms with E-state index >= 15 is 0 Å². The number of carbonyl (C=O) groups is 2. The van der Waals surface area contributed by atoms with Crippen LogP contribution >= 0.6 is 0 Å². The van der Waals surface area contributed by atoms with E-state index in [1.807, 2.05) is 4.90 Å². The van der Waals surface area contributed by atoms with Gasteiger partial charge in [-0.25, -0.2) is 0 Å². The molecule has 0 aromatic carbocycles. The first-order valence-electron chi connectivity index (χ1n) is 8.39. The van der Waals surface area contributed by atoms with E-state index in [4.69, 9.17) is 9.84 Å². The largest absolute Gasteiger partial charge is 0.481 e. The summed E-state index contributed by atoms with van der Waals surface area (Å²) in [6, 6.07) is 0. The number of amides is 1. The molecule has 1 aliphatic carbocycles. The number of hydrogen-bond donors (Lipinski definition) is 2. The van der Waals surface area contributed by atoms with E-state index in [-0.39, 0.29) is 18.4 Å². The van der Waals surface area contributed by atoms with Crippen LogP contribution in [0.1, 0.15) is 39.0 Å². The Morgan fingerprint density at radius 1 is 1.27 bits per heavy atom. The van der Waals surface area contributed by atoms with Gasteiger partial charge in [0.15, 0.2) is 0 Å².